The third kappa shape index (κ3) is 6.23. The van der Waals surface area contributed by atoms with E-state index in [1.807, 2.05) is 0 Å². The molecule has 0 amide bonds. The van der Waals surface area contributed by atoms with E-state index in [1.54, 1.807) is 0 Å². The van der Waals surface area contributed by atoms with Crippen LogP contribution in [0.25, 0.3) is 88.7 Å². The second kappa shape index (κ2) is 16.4. The zero-order chi connectivity index (χ0) is 49.2. The van der Waals surface area contributed by atoms with E-state index in [9.17, 15) is 0 Å². The molecule has 4 nitrogen and oxygen atoms in total. The summed E-state index contributed by atoms with van der Waals surface area (Å²) >= 11 is 0. The van der Waals surface area contributed by atoms with Crippen LogP contribution < -0.4 is 20.6 Å². The molecule has 3 aliphatic rings. The van der Waals surface area contributed by atoms with Crippen molar-refractivity contribution in [3.8, 4) is 56.0 Å². The van der Waals surface area contributed by atoms with Gasteiger partial charge in [0.05, 0.1) is 5.69 Å². The van der Waals surface area contributed by atoms with Gasteiger partial charge in [-0.2, -0.15) is 0 Å². The summed E-state index contributed by atoms with van der Waals surface area (Å²) in [6.07, 6.45) is 3.28. The predicted molar refractivity (Wildman–Crippen MR) is 310 cm³/mol. The van der Waals surface area contributed by atoms with Crippen molar-refractivity contribution < 1.29 is 8.83 Å². The van der Waals surface area contributed by atoms with Crippen molar-refractivity contribution in [2.45, 2.75) is 45.4 Å². The van der Waals surface area contributed by atoms with Gasteiger partial charge in [-0.15, -0.1) is 0 Å². The summed E-state index contributed by atoms with van der Waals surface area (Å²) in [5.74, 6) is 1.71. The number of furan rings is 2. The third-order valence-electron chi connectivity index (χ3n) is 16.4. The van der Waals surface area contributed by atoms with Gasteiger partial charge in [0.2, 0.25) is 0 Å². The van der Waals surface area contributed by atoms with Crippen LogP contribution in [0.4, 0.5) is 28.4 Å². The zero-order valence-electron chi connectivity index (χ0n) is 41.7. The molecule has 0 atom stereocenters. The van der Waals surface area contributed by atoms with E-state index in [4.69, 9.17) is 8.83 Å². The molecule has 0 bridgehead atoms. The molecule has 2 aliphatic heterocycles. The fraction of sp³-hybridized carbons (Fsp3) is 0.101. The Kier molecular flexibility index (Phi) is 9.47. The van der Waals surface area contributed by atoms with Crippen LogP contribution in [0.1, 0.15) is 50.3 Å². The average Bonchev–Trinajstić information content (AvgIpc) is 4.21. The number of para-hydroxylation sites is 2. The van der Waals surface area contributed by atoms with Gasteiger partial charge in [-0.25, -0.2) is 0 Å². The highest BCUT2D eigenvalue weighted by Gasteiger charge is 2.49. The molecule has 1 aliphatic carbocycles. The summed E-state index contributed by atoms with van der Waals surface area (Å²) in [5, 5.41) is 4.35. The smallest absolute Gasteiger partial charge is 0.333 e. The Hall–Kier alpha value is -8.80. The molecule has 12 aromatic rings. The molecule has 74 heavy (non-hydrogen) atoms. The molecule has 0 spiro atoms. The topological polar surface area (TPSA) is 32.8 Å². The minimum atomic E-state index is -0.282. The summed E-state index contributed by atoms with van der Waals surface area (Å²) in [4.78, 5) is 5.24. The third-order valence-corrected chi connectivity index (χ3v) is 16.4. The highest BCUT2D eigenvalue weighted by Crippen LogP contribution is 2.57. The van der Waals surface area contributed by atoms with Crippen molar-refractivity contribution in [2.24, 2.45) is 0 Å². The molecule has 0 unspecified atom stereocenters. The second-order valence-corrected chi connectivity index (χ2v) is 21.0. The fourth-order valence-corrected chi connectivity index (χ4v) is 12.9. The maximum absolute atomic E-state index is 7.27. The maximum atomic E-state index is 7.27. The van der Waals surface area contributed by atoms with Gasteiger partial charge in [-0.05, 0) is 112 Å². The molecule has 352 valence electrons. The summed E-state index contributed by atoms with van der Waals surface area (Å²) in [7, 11) is 0. The molecule has 10 aromatic carbocycles. The molecule has 2 aromatic heterocycles. The van der Waals surface area contributed by atoms with Crippen molar-refractivity contribution in [2.75, 3.05) is 9.71 Å². The first kappa shape index (κ1) is 42.8. The van der Waals surface area contributed by atoms with Gasteiger partial charge in [0, 0.05) is 77.5 Å². The van der Waals surface area contributed by atoms with Crippen LogP contribution in [-0.4, -0.2) is 6.85 Å². The van der Waals surface area contributed by atoms with Crippen molar-refractivity contribution in [1.29, 1.82) is 0 Å². The number of hydrogen-bond donors (Lipinski definition) is 0. The Morgan fingerprint density at radius 3 is 1.82 bits per heavy atom. The molecule has 15 rings (SSSR count). The molecule has 0 saturated carbocycles. The number of fused-ring (bicyclic) bond motifs is 12. The van der Waals surface area contributed by atoms with Crippen LogP contribution in [0.15, 0.2) is 227 Å². The van der Waals surface area contributed by atoms with E-state index in [0.717, 1.165) is 109 Å². The molecular formula is C69H51BN2O2. The van der Waals surface area contributed by atoms with Crippen molar-refractivity contribution in [3.05, 3.63) is 235 Å². The quantitative estimate of drug-likeness (QED) is 0.142. The number of aryl methyl sites for hydroxylation is 1. The highest BCUT2D eigenvalue weighted by atomic mass is 16.3. The van der Waals surface area contributed by atoms with Gasteiger partial charge in [0.25, 0.3) is 0 Å². The number of anilines is 5. The Bertz CT molecular complexity index is 4210. The van der Waals surface area contributed by atoms with Gasteiger partial charge < -0.3 is 18.5 Å². The standard InChI is InChI=1S/C69H51BN2O2/c1-4-5-22-43-35-36-59(50(37-43)44-23-10-6-11-24-44)71-61-40-54-52(66(45-25-12-7-13-26-45)74-67(54)46-27-14-8-15-28-46)39-58(61)70-65-62(71)41-53-49-32-19-21-34-63(49)73-68(53)64(65)55-38-51-48-31-18-20-33-56(48)69(2,3)57(51)42-60(55)72(70)47-29-16-9-17-30-47/h6-21,23-42H,4-5,22H2,1-3H3. The van der Waals surface area contributed by atoms with Crippen molar-refractivity contribution >= 4 is 78.9 Å². The fourth-order valence-electron chi connectivity index (χ4n) is 12.9. The summed E-state index contributed by atoms with van der Waals surface area (Å²) in [5.41, 5.74) is 23.0. The Balaban J connectivity index is 1.14. The van der Waals surface area contributed by atoms with Crippen molar-refractivity contribution in [1.82, 2.24) is 0 Å². The molecule has 0 fully saturated rings. The Morgan fingerprint density at radius 2 is 1.09 bits per heavy atom. The maximum Gasteiger partial charge on any atom is 0.333 e. The summed E-state index contributed by atoms with van der Waals surface area (Å²) < 4.78 is 14.5. The SMILES string of the molecule is CCCCc1ccc(N2c3cc4c(-c5ccccc5)oc(-c5ccccc5)c4cc3B3c4c2cc2c(oc5ccccc52)c4-c2cc4c(cc2N3c2ccccc2)C(C)(C)c2ccccc2-4)c(-c2ccccc2)c1. The molecule has 0 N–H and O–H groups in total. The van der Waals surface area contributed by atoms with E-state index in [0.29, 0.717) is 0 Å². The summed E-state index contributed by atoms with van der Waals surface area (Å²) in [6.45, 7) is 6.77. The van der Waals surface area contributed by atoms with Gasteiger partial charge in [0.15, 0.2) is 0 Å². The van der Waals surface area contributed by atoms with Gasteiger partial charge >= 0.3 is 6.85 Å². The molecule has 0 saturated heterocycles. The second-order valence-electron chi connectivity index (χ2n) is 21.0. The van der Waals surface area contributed by atoms with Crippen LogP contribution in [0.3, 0.4) is 0 Å². The first-order valence-electron chi connectivity index (χ1n) is 26.3. The monoisotopic (exact) mass is 950 g/mol. The van der Waals surface area contributed by atoms with Crippen LogP contribution in [-0.2, 0) is 11.8 Å². The number of hydrogen-bond acceptors (Lipinski definition) is 4. The highest BCUT2D eigenvalue weighted by molar-refractivity contribution is 6.94. The van der Waals surface area contributed by atoms with Crippen LogP contribution in [0, 0.1) is 0 Å². The minimum Gasteiger partial charge on any atom is -0.455 e. The van der Waals surface area contributed by atoms with Crippen LogP contribution in [0.2, 0.25) is 0 Å². The van der Waals surface area contributed by atoms with Gasteiger partial charge in [-0.3, -0.25) is 0 Å². The zero-order valence-corrected chi connectivity index (χ0v) is 41.7. The van der Waals surface area contributed by atoms with E-state index < -0.39 is 0 Å². The largest absolute Gasteiger partial charge is 0.455 e. The molecule has 4 heterocycles. The molecule has 0 radical (unpaired) electrons. The lowest BCUT2D eigenvalue weighted by atomic mass is 9.43. The number of unbranched alkanes of at least 4 members (excludes halogenated alkanes) is 1. The van der Waals surface area contributed by atoms with E-state index >= 15 is 0 Å². The predicted octanol–water partition coefficient (Wildman–Crippen LogP) is 17.7. The average molecular weight is 951 g/mol. The van der Waals surface area contributed by atoms with Crippen LogP contribution >= 0.6 is 0 Å². The van der Waals surface area contributed by atoms with E-state index in [2.05, 4.69) is 249 Å². The lowest BCUT2D eigenvalue weighted by Gasteiger charge is -2.46. The minimum absolute atomic E-state index is 0.222. The Labute approximate surface area is 431 Å². The van der Waals surface area contributed by atoms with Crippen LogP contribution in [0.5, 0.6) is 0 Å². The number of rotatable bonds is 8. The lowest BCUT2D eigenvalue weighted by molar-refractivity contribution is 0.602. The molecule has 5 heteroatoms. The Morgan fingerprint density at radius 1 is 0.459 bits per heavy atom. The first-order chi connectivity index (χ1) is 36.4. The van der Waals surface area contributed by atoms with Gasteiger partial charge in [0.1, 0.15) is 22.7 Å². The van der Waals surface area contributed by atoms with Crippen molar-refractivity contribution in [3.63, 3.8) is 0 Å². The summed E-state index contributed by atoms with van der Waals surface area (Å²) in [6, 6.07) is 80.5. The molecular weight excluding hydrogens is 900 g/mol. The number of benzene rings is 10. The lowest BCUT2D eigenvalue weighted by Crippen LogP contribution is -2.61. The normalized spacial score (nSPS) is 13.8. The van der Waals surface area contributed by atoms with Gasteiger partial charge in [-0.1, -0.05) is 191 Å². The van der Waals surface area contributed by atoms with E-state index in [-0.39, 0.29) is 12.3 Å². The number of nitrogens with zero attached hydrogens (tertiary/aromatic N) is 2. The first-order valence-corrected chi connectivity index (χ1v) is 26.3. The van der Waals surface area contributed by atoms with E-state index in [1.165, 1.54) is 55.4 Å².